The molecule has 2 N–H and O–H groups in total. The maximum absolute atomic E-state index is 12.4. The molecule has 2 heterocycles. The first-order valence-electron chi connectivity index (χ1n) is 9.44. The zero-order valence-electron chi connectivity index (χ0n) is 16.4. The monoisotopic (exact) mass is 430 g/mol. The first-order valence-corrected chi connectivity index (χ1v) is 11.4. The van der Waals surface area contributed by atoms with Crippen molar-refractivity contribution in [2.24, 2.45) is 7.05 Å². The van der Waals surface area contributed by atoms with Gasteiger partial charge in [0.25, 0.3) is 0 Å². The van der Waals surface area contributed by atoms with Crippen LogP contribution in [0.3, 0.4) is 0 Å². The topological polar surface area (TPSA) is 80.0 Å². The summed E-state index contributed by atoms with van der Waals surface area (Å²) in [6.07, 6.45) is 9.96. The van der Waals surface area contributed by atoms with Crippen molar-refractivity contribution in [1.82, 2.24) is 14.5 Å². The highest BCUT2D eigenvalue weighted by Crippen LogP contribution is 2.39. The fourth-order valence-corrected chi connectivity index (χ4v) is 4.36. The van der Waals surface area contributed by atoms with Crippen molar-refractivity contribution in [3.05, 3.63) is 46.9 Å². The van der Waals surface area contributed by atoms with E-state index in [4.69, 9.17) is 11.6 Å². The van der Waals surface area contributed by atoms with E-state index in [1.807, 2.05) is 48.0 Å². The fourth-order valence-electron chi connectivity index (χ4n) is 3.60. The minimum absolute atomic E-state index is 0.0355. The summed E-state index contributed by atoms with van der Waals surface area (Å²) in [5.41, 5.74) is 2.74. The quantitative estimate of drug-likeness (QED) is 0.620. The van der Waals surface area contributed by atoms with Gasteiger partial charge in [-0.05, 0) is 43.0 Å². The number of aromatic nitrogens is 3. The van der Waals surface area contributed by atoms with E-state index in [0.29, 0.717) is 15.6 Å². The van der Waals surface area contributed by atoms with E-state index in [0.717, 1.165) is 41.9 Å². The lowest BCUT2D eigenvalue weighted by molar-refractivity contribution is 0.144. The lowest BCUT2D eigenvalue weighted by atomic mass is 9.77. The summed E-state index contributed by atoms with van der Waals surface area (Å²) in [4.78, 5) is 9.69. The zero-order valence-corrected chi connectivity index (χ0v) is 17.9. The molecule has 3 aromatic rings. The van der Waals surface area contributed by atoms with Crippen molar-refractivity contribution in [3.63, 3.8) is 0 Å². The van der Waals surface area contributed by atoms with Crippen LogP contribution in [-0.4, -0.2) is 42.3 Å². The molecule has 6 nitrogen and oxygen atoms in total. The number of anilines is 1. The summed E-state index contributed by atoms with van der Waals surface area (Å²) in [6.45, 7) is 0.0355. The van der Waals surface area contributed by atoms with Gasteiger partial charge in [0, 0.05) is 24.5 Å². The van der Waals surface area contributed by atoms with Gasteiger partial charge in [-0.1, -0.05) is 29.8 Å². The predicted molar refractivity (Wildman–Crippen MR) is 119 cm³/mol. The number of nitrogens with one attached hydrogen (secondary N) is 1. The molecule has 1 aliphatic rings. The van der Waals surface area contributed by atoms with Gasteiger partial charge in [0.05, 0.1) is 33.5 Å². The minimum Gasteiger partial charge on any atom is -0.394 e. The number of benzene rings is 1. The van der Waals surface area contributed by atoms with Crippen molar-refractivity contribution in [3.8, 4) is 0 Å². The van der Waals surface area contributed by atoms with E-state index < -0.39 is 10.8 Å². The van der Waals surface area contributed by atoms with Crippen molar-refractivity contribution in [2.75, 3.05) is 18.2 Å². The van der Waals surface area contributed by atoms with Crippen LogP contribution >= 0.6 is 11.6 Å². The number of pyridine rings is 1. The van der Waals surface area contributed by atoms with Gasteiger partial charge in [-0.15, -0.1) is 0 Å². The molecule has 1 aliphatic carbocycles. The average molecular weight is 431 g/mol. The third-order valence-corrected chi connectivity index (χ3v) is 6.69. The van der Waals surface area contributed by atoms with Crippen LogP contribution in [0.4, 0.5) is 5.69 Å². The molecule has 1 fully saturated rings. The van der Waals surface area contributed by atoms with E-state index in [-0.39, 0.29) is 12.1 Å². The third-order valence-electron chi connectivity index (χ3n) is 5.51. The normalized spacial score (nSPS) is 16.8. The second kappa shape index (κ2) is 7.89. The number of halogens is 1. The van der Waals surface area contributed by atoms with Crippen LogP contribution in [0.5, 0.6) is 0 Å². The van der Waals surface area contributed by atoms with E-state index in [1.54, 1.807) is 12.5 Å². The molecule has 0 bridgehead atoms. The van der Waals surface area contributed by atoms with Crippen LogP contribution in [0.2, 0.25) is 5.02 Å². The summed E-state index contributed by atoms with van der Waals surface area (Å²) in [6, 6.07) is 7.56. The minimum atomic E-state index is -1.22. The van der Waals surface area contributed by atoms with Crippen molar-refractivity contribution < 1.29 is 9.32 Å². The van der Waals surface area contributed by atoms with Crippen LogP contribution in [-0.2, 0) is 17.8 Å². The molecule has 0 unspecified atom stereocenters. The maximum atomic E-state index is 12.4. The first-order chi connectivity index (χ1) is 13.9. The summed E-state index contributed by atoms with van der Waals surface area (Å²) in [7, 11) is 0.691. The summed E-state index contributed by atoms with van der Waals surface area (Å²) in [5.74, 6) is 0.733. The molecule has 8 heteroatoms. The Morgan fingerprint density at radius 2 is 2.03 bits per heavy atom. The Morgan fingerprint density at radius 3 is 2.62 bits per heavy atom. The Hall–Kier alpha value is -2.22. The van der Waals surface area contributed by atoms with Gasteiger partial charge in [0.2, 0.25) is 0 Å². The average Bonchev–Trinajstić information content (AvgIpc) is 3.00. The van der Waals surface area contributed by atoms with Crippen LogP contribution < -0.4 is 5.32 Å². The van der Waals surface area contributed by atoms with Crippen molar-refractivity contribution >= 4 is 51.4 Å². The van der Waals surface area contributed by atoms with Gasteiger partial charge in [-0.3, -0.25) is 4.21 Å². The molecule has 1 atom stereocenters. The highest BCUT2D eigenvalue weighted by atomic mass is 35.5. The lowest BCUT2D eigenvalue weighted by Gasteiger charge is -2.42. The van der Waals surface area contributed by atoms with E-state index in [9.17, 15) is 9.32 Å². The van der Waals surface area contributed by atoms with Crippen LogP contribution in [0.15, 0.2) is 35.4 Å². The predicted octanol–water partition coefficient (Wildman–Crippen LogP) is 3.86. The van der Waals surface area contributed by atoms with Gasteiger partial charge in [0.1, 0.15) is 11.3 Å². The van der Waals surface area contributed by atoms with Crippen LogP contribution in [0.25, 0.3) is 23.3 Å². The number of aliphatic hydroxyl groups excluding tert-OH is 1. The zero-order chi connectivity index (χ0) is 20.6. The fraction of sp³-hybridized carbons (Fsp3) is 0.333. The Bertz CT molecular complexity index is 1100. The van der Waals surface area contributed by atoms with E-state index in [1.165, 1.54) is 0 Å². The Morgan fingerprint density at radius 1 is 1.31 bits per heavy atom. The maximum Gasteiger partial charge on any atom is 0.180 e. The number of hydrogen-bond acceptors (Lipinski definition) is 5. The third kappa shape index (κ3) is 3.82. The van der Waals surface area contributed by atoms with Gasteiger partial charge >= 0.3 is 0 Å². The standard InChI is InChI=1S/C21H23ClN4O2S/c1-26-17(9-6-14-4-7-15(22)8-5-14)24-20-19(26)18(16(12-23-20)29(2)28)25-21(13-27)10-3-11-21/h4-9,12,27H,3,10-11,13H2,1-2H3,(H,23,25)/b9-6+/t29-/m0/s1. The summed E-state index contributed by atoms with van der Waals surface area (Å²) >= 11 is 5.95. The molecule has 0 radical (unpaired) electrons. The molecular weight excluding hydrogens is 408 g/mol. The van der Waals surface area contributed by atoms with Crippen molar-refractivity contribution in [2.45, 2.75) is 29.7 Å². The lowest BCUT2D eigenvalue weighted by Crippen LogP contribution is -2.48. The van der Waals surface area contributed by atoms with Gasteiger partial charge in [-0.25, -0.2) is 9.97 Å². The highest BCUT2D eigenvalue weighted by molar-refractivity contribution is 7.84. The number of aliphatic hydroxyl groups is 1. The summed E-state index contributed by atoms with van der Waals surface area (Å²) in [5, 5.41) is 14.1. The number of hydrogen-bond donors (Lipinski definition) is 2. The smallest absolute Gasteiger partial charge is 0.180 e. The molecule has 0 saturated heterocycles. The summed E-state index contributed by atoms with van der Waals surface area (Å²) < 4.78 is 14.3. The number of fused-ring (bicyclic) bond motifs is 1. The molecule has 152 valence electrons. The number of imidazole rings is 1. The molecule has 0 aliphatic heterocycles. The van der Waals surface area contributed by atoms with Crippen LogP contribution in [0.1, 0.15) is 30.7 Å². The van der Waals surface area contributed by atoms with Crippen LogP contribution in [0, 0.1) is 0 Å². The SMILES string of the molecule is Cn1c(/C=C/c2ccc(Cl)cc2)nc2ncc([S@](C)=O)c(NC3(CO)CCC3)c21. The number of aryl methyl sites for hydroxylation is 1. The van der Waals surface area contributed by atoms with Gasteiger partial charge < -0.3 is 15.0 Å². The Labute approximate surface area is 177 Å². The molecule has 29 heavy (non-hydrogen) atoms. The number of nitrogens with zero attached hydrogens (tertiary/aromatic N) is 3. The highest BCUT2D eigenvalue weighted by Gasteiger charge is 2.37. The molecule has 1 saturated carbocycles. The largest absolute Gasteiger partial charge is 0.394 e. The van der Waals surface area contributed by atoms with Gasteiger partial charge in [0.15, 0.2) is 5.65 Å². The van der Waals surface area contributed by atoms with E-state index in [2.05, 4.69) is 15.3 Å². The molecule has 0 spiro atoms. The van der Waals surface area contributed by atoms with Crippen molar-refractivity contribution in [1.29, 1.82) is 0 Å². The van der Waals surface area contributed by atoms with Gasteiger partial charge in [-0.2, -0.15) is 0 Å². The Kier molecular flexibility index (Phi) is 5.46. The second-order valence-electron chi connectivity index (χ2n) is 7.45. The molecular formula is C21H23ClN4O2S. The molecule has 2 aromatic heterocycles. The van der Waals surface area contributed by atoms with E-state index >= 15 is 0 Å². The number of rotatable bonds is 6. The first kappa shape index (κ1) is 20.1. The Balaban J connectivity index is 1.79. The molecule has 0 amide bonds. The molecule has 1 aromatic carbocycles. The molecule has 4 rings (SSSR count). The second-order valence-corrected chi connectivity index (χ2v) is 9.24.